The average Bonchev–Trinajstić information content (AvgIpc) is 2.26. The van der Waals surface area contributed by atoms with Crippen LogP contribution in [0.1, 0.15) is 23.7 Å². The van der Waals surface area contributed by atoms with Crippen molar-refractivity contribution in [2.24, 2.45) is 0 Å². The Morgan fingerprint density at radius 3 is 2.80 bits per heavy atom. The van der Waals surface area contributed by atoms with Crippen LogP contribution in [0.5, 0.6) is 0 Å². The zero-order valence-electron chi connectivity index (χ0n) is 8.47. The Kier molecular flexibility index (Phi) is 4.56. The van der Waals surface area contributed by atoms with Crippen molar-refractivity contribution < 1.29 is 9.18 Å². The molecule has 0 saturated heterocycles. The third-order valence-corrected chi connectivity index (χ3v) is 2.51. The molecule has 0 aromatic heterocycles. The Morgan fingerprint density at radius 2 is 2.20 bits per heavy atom. The summed E-state index contributed by atoms with van der Waals surface area (Å²) in [5, 5.41) is 2.47. The highest BCUT2D eigenvalue weighted by Gasteiger charge is 2.11. The fourth-order valence-electron chi connectivity index (χ4n) is 1.09. The number of hydrogen-bond acceptors (Lipinski definition) is 1. The van der Waals surface area contributed by atoms with E-state index in [1.165, 1.54) is 12.1 Å². The van der Waals surface area contributed by atoms with Gasteiger partial charge in [0.05, 0.1) is 10.9 Å². The molecular weight excluding hydrogens is 217 g/mol. The lowest BCUT2D eigenvalue weighted by molar-refractivity contribution is 0.0949. The number of amides is 1. The number of alkyl halides is 1. The van der Waals surface area contributed by atoms with E-state index in [0.29, 0.717) is 6.54 Å². The normalized spacial score (nSPS) is 12.2. The van der Waals surface area contributed by atoms with E-state index < -0.39 is 11.7 Å². The molecule has 1 atom stereocenters. The number of carbonyl (C=O) groups is 1. The van der Waals surface area contributed by atoms with E-state index in [4.69, 9.17) is 11.6 Å². The van der Waals surface area contributed by atoms with Crippen molar-refractivity contribution in [3.63, 3.8) is 0 Å². The van der Waals surface area contributed by atoms with Gasteiger partial charge in [0.1, 0.15) is 5.82 Å². The van der Waals surface area contributed by atoms with Crippen LogP contribution in [0.2, 0.25) is 0 Å². The van der Waals surface area contributed by atoms with Gasteiger partial charge in [0.15, 0.2) is 0 Å². The van der Waals surface area contributed by atoms with Gasteiger partial charge in [-0.05, 0) is 18.6 Å². The average molecular weight is 230 g/mol. The number of benzene rings is 1. The zero-order valence-corrected chi connectivity index (χ0v) is 9.22. The van der Waals surface area contributed by atoms with Gasteiger partial charge in [-0.25, -0.2) is 4.39 Å². The van der Waals surface area contributed by atoms with Crippen LogP contribution in [0.25, 0.3) is 0 Å². The molecule has 0 fully saturated rings. The van der Waals surface area contributed by atoms with E-state index in [1.807, 2.05) is 6.92 Å². The first-order valence-corrected chi connectivity index (χ1v) is 5.25. The molecule has 15 heavy (non-hydrogen) atoms. The lowest BCUT2D eigenvalue weighted by Crippen LogP contribution is -2.30. The quantitative estimate of drug-likeness (QED) is 0.790. The van der Waals surface area contributed by atoms with Gasteiger partial charge in [-0.15, -0.1) is 11.6 Å². The molecule has 82 valence electrons. The lowest BCUT2D eigenvalue weighted by atomic mass is 10.2. The van der Waals surface area contributed by atoms with Crippen LogP contribution in [-0.2, 0) is 0 Å². The molecule has 1 aromatic rings. The summed E-state index contributed by atoms with van der Waals surface area (Å²) in [6.07, 6.45) is 0.763. The molecule has 0 aliphatic carbocycles. The van der Waals surface area contributed by atoms with Crippen LogP contribution in [0.3, 0.4) is 0 Å². The van der Waals surface area contributed by atoms with Crippen molar-refractivity contribution in [2.75, 3.05) is 6.54 Å². The fraction of sp³-hybridized carbons (Fsp3) is 0.364. The highest BCUT2D eigenvalue weighted by Crippen LogP contribution is 2.06. The van der Waals surface area contributed by atoms with Crippen LogP contribution in [0.15, 0.2) is 24.3 Å². The number of rotatable bonds is 4. The van der Waals surface area contributed by atoms with E-state index in [0.717, 1.165) is 6.42 Å². The maximum absolute atomic E-state index is 13.2. The Labute approximate surface area is 93.4 Å². The summed E-state index contributed by atoms with van der Waals surface area (Å²) in [6, 6.07) is 5.87. The molecule has 4 heteroatoms. The van der Waals surface area contributed by atoms with Gasteiger partial charge in [0, 0.05) is 6.54 Å². The molecule has 0 bridgehead atoms. The van der Waals surface area contributed by atoms with Gasteiger partial charge < -0.3 is 5.32 Å². The predicted octanol–water partition coefficient (Wildman–Crippen LogP) is 2.57. The van der Waals surface area contributed by atoms with Gasteiger partial charge in [-0.3, -0.25) is 4.79 Å². The standard InChI is InChI=1S/C11H13ClFNO/c1-2-8(12)7-14-11(15)9-5-3-4-6-10(9)13/h3-6,8H,2,7H2,1H3,(H,14,15). The Bertz CT molecular complexity index is 343. The van der Waals surface area contributed by atoms with Gasteiger partial charge in [-0.2, -0.15) is 0 Å². The van der Waals surface area contributed by atoms with Crippen molar-refractivity contribution in [1.29, 1.82) is 0 Å². The predicted molar refractivity (Wildman–Crippen MR) is 58.7 cm³/mol. The number of halogens is 2. The van der Waals surface area contributed by atoms with Crippen molar-refractivity contribution in [2.45, 2.75) is 18.7 Å². The maximum atomic E-state index is 13.2. The van der Waals surface area contributed by atoms with Crippen molar-refractivity contribution in [3.05, 3.63) is 35.6 Å². The zero-order chi connectivity index (χ0) is 11.3. The molecule has 0 saturated carbocycles. The Morgan fingerprint density at radius 1 is 1.53 bits per heavy atom. The molecule has 1 amide bonds. The van der Waals surface area contributed by atoms with Crippen molar-refractivity contribution >= 4 is 17.5 Å². The summed E-state index contributed by atoms with van der Waals surface area (Å²) < 4.78 is 13.2. The molecule has 0 aliphatic rings. The largest absolute Gasteiger partial charge is 0.350 e. The maximum Gasteiger partial charge on any atom is 0.254 e. The van der Waals surface area contributed by atoms with Crippen molar-refractivity contribution in [3.8, 4) is 0 Å². The highest BCUT2D eigenvalue weighted by molar-refractivity contribution is 6.20. The molecule has 1 unspecified atom stereocenters. The summed E-state index contributed by atoms with van der Waals surface area (Å²) in [5.41, 5.74) is 0.0532. The first-order chi connectivity index (χ1) is 7.15. The summed E-state index contributed by atoms with van der Waals surface area (Å²) in [5.74, 6) is -0.940. The Balaban J connectivity index is 2.58. The molecule has 0 heterocycles. The first kappa shape index (κ1) is 12.0. The second-order valence-corrected chi connectivity index (χ2v) is 3.81. The molecule has 0 aliphatic heterocycles. The highest BCUT2D eigenvalue weighted by atomic mass is 35.5. The number of nitrogens with one attached hydrogen (secondary N) is 1. The number of carbonyl (C=O) groups excluding carboxylic acids is 1. The SMILES string of the molecule is CCC(Cl)CNC(=O)c1ccccc1F. The third kappa shape index (κ3) is 3.51. The minimum absolute atomic E-state index is 0.0532. The summed E-state index contributed by atoms with van der Waals surface area (Å²) in [7, 11) is 0. The van der Waals surface area contributed by atoms with E-state index in [2.05, 4.69) is 5.32 Å². The van der Waals surface area contributed by atoms with E-state index >= 15 is 0 Å². The molecule has 0 radical (unpaired) electrons. The van der Waals surface area contributed by atoms with Crippen molar-refractivity contribution in [1.82, 2.24) is 5.32 Å². The lowest BCUT2D eigenvalue weighted by Gasteiger charge is -2.08. The van der Waals surface area contributed by atoms with E-state index in [9.17, 15) is 9.18 Å². The third-order valence-electron chi connectivity index (χ3n) is 2.05. The van der Waals surface area contributed by atoms with Gasteiger partial charge in [-0.1, -0.05) is 19.1 Å². The Hall–Kier alpha value is -1.09. The topological polar surface area (TPSA) is 29.1 Å². The summed E-state index contributed by atoms with van der Waals surface area (Å²) >= 11 is 5.83. The van der Waals surface area contributed by atoms with Crippen LogP contribution >= 0.6 is 11.6 Å². The van der Waals surface area contributed by atoms with Gasteiger partial charge in [0.2, 0.25) is 0 Å². The van der Waals surface area contributed by atoms with E-state index in [1.54, 1.807) is 12.1 Å². The molecule has 1 N–H and O–H groups in total. The monoisotopic (exact) mass is 229 g/mol. The fourth-order valence-corrected chi connectivity index (χ4v) is 1.17. The first-order valence-electron chi connectivity index (χ1n) is 4.82. The minimum Gasteiger partial charge on any atom is -0.350 e. The van der Waals surface area contributed by atoms with Crippen LogP contribution in [0, 0.1) is 5.82 Å². The second-order valence-electron chi connectivity index (χ2n) is 3.20. The van der Waals surface area contributed by atoms with Gasteiger partial charge >= 0.3 is 0 Å². The molecule has 0 spiro atoms. The molecule has 1 rings (SSSR count). The molecular formula is C11H13ClFNO. The van der Waals surface area contributed by atoms with E-state index in [-0.39, 0.29) is 10.9 Å². The minimum atomic E-state index is -0.516. The smallest absolute Gasteiger partial charge is 0.254 e. The van der Waals surface area contributed by atoms with Crippen LogP contribution < -0.4 is 5.32 Å². The molecule has 2 nitrogen and oxygen atoms in total. The summed E-state index contributed by atoms with van der Waals surface area (Å²) in [6.45, 7) is 2.28. The van der Waals surface area contributed by atoms with Crippen LogP contribution in [-0.4, -0.2) is 17.8 Å². The summed E-state index contributed by atoms with van der Waals surface area (Å²) in [4.78, 5) is 11.5. The van der Waals surface area contributed by atoms with Crippen LogP contribution in [0.4, 0.5) is 4.39 Å². The van der Waals surface area contributed by atoms with Gasteiger partial charge in [0.25, 0.3) is 5.91 Å². The second kappa shape index (κ2) is 5.71. The molecule has 1 aromatic carbocycles. The number of hydrogen-bond donors (Lipinski definition) is 1.